The van der Waals surface area contributed by atoms with Crippen molar-refractivity contribution in [1.82, 2.24) is 5.32 Å². The van der Waals surface area contributed by atoms with Crippen molar-refractivity contribution >= 4 is 29.1 Å². The van der Waals surface area contributed by atoms with Crippen molar-refractivity contribution in [2.75, 3.05) is 11.9 Å². The Hall–Kier alpha value is -1.59. The van der Waals surface area contributed by atoms with Crippen LogP contribution in [-0.4, -0.2) is 29.6 Å². The van der Waals surface area contributed by atoms with Crippen LogP contribution in [0.3, 0.4) is 0 Å². The number of nitrogens with one attached hydrogen (secondary N) is 2. The molecular formula is C16H23ClN2O3. The minimum absolute atomic E-state index is 0.297. The number of benzene rings is 1. The van der Waals surface area contributed by atoms with Gasteiger partial charge < -0.3 is 15.7 Å². The number of rotatable bonds is 5. The molecule has 0 aromatic heterocycles. The molecule has 0 saturated heterocycles. The standard InChI is InChI=1S/C16H23ClN2O3/c1-10-5-6-12(17)13(7-10)19-15(22)14(21)18-9-16(3,4)8-11(2)20/h5-7,11,20H,8-9H2,1-4H3,(H,18,21)(H,19,22). The van der Waals surface area contributed by atoms with Gasteiger partial charge >= 0.3 is 11.8 Å². The van der Waals surface area contributed by atoms with E-state index in [0.29, 0.717) is 23.7 Å². The second kappa shape index (κ2) is 7.61. The second-order valence-corrected chi connectivity index (χ2v) is 6.74. The first kappa shape index (κ1) is 18.5. The van der Waals surface area contributed by atoms with Gasteiger partial charge in [0.25, 0.3) is 0 Å². The number of aliphatic hydroxyl groups is 1. The summed E-state index contributed by atoms with van der Waals surface area (Å²) in [6.07, 6.45) is 0.0605. The van der Waals surface area contributed by atoms with Gasteiger partial charge in [-0.15, -0.1) is 0 Å². The van der Waals surface area contributed by atoms with Crippen molar-refractivity contribution in [3.05, 3.63) is 28.8 Å². The minimum atomic E-state index is -0.764. The average Bonchev–Trinajstić information content (AvgIpc) is 2.38. The SMILES string of the molecule is Cc1ccc(Cl)c(NC(=O)C(=O)NCC(C)(C)CC(C)O)c1. The van der Waals surface area contributed by atoms with E-state index in [9.17, 15) is 14.7 Å². The van der Waals surface area contributed by atoms with Crippen molar-refractivity contribution in [3.63, 3.8) is 0 Å². The molecule has 1 unspecified atom stereocenters. The molecule has 0 radical (unpaired) electrons. The third-order valence-corrected chi connectivity index (χ3v) is 3.48. The van der Waals surface area contributed by atoms with Crippen LogP contribution in [0.5, 0.6) is 0 Å². The maximum Gasteiger partial charge on any atom is 0.313 e. The van der Waals surface area contributed by atoms with E-state index in [1.165, 1.54) is 0 Å². The van der Waals surface area contributed by atoms with Crippen LogP contribution in [0, 0.1) is 12.3 Å². The van der Waals surface area contributed by atoms with Crippen LogP contribution in [0.25, 0.3) is 0 Å². The van der Waals surface area contributed by atoms with E-state index in [1.54, 1.807) is 19.1 Å². The van der Waals surface area contributed by atoms with Crippen LogP contribution in [-0.2, 0) is 9.59 Å². The molecule has 1 atom stereocenters. The highest BCUT2D eigenvalue weighted by Gasteiger charge is 2.23. The van der Waals surface area contributed by atoms with Gasteiger partial charge in [0.1, 0.15) is 0 Å². The first-order chi connectivity index (χ1) is 10.1. The van der Waals surface area contributed by atoms with Crippen LogP contribution in [0.15, 0.2) is 18.2 Å². The molecular weight excluding hydrogens is 304 g/mol. The molecule has 1 rings (SSSR count). The van der Waals surface area contributed by atoms with Crippen molar-refractivity contribution in [3.8, 4) is 0 Å². The zero-order valence-corrected chi connectivity index (χ0v) is 14.1. The van der Waals surface area contributed by atoms with Gasteiger partial charge in [-0.1, -0.05) is 31.5 Å². The number of aliphatic hydroxyl groups excluding tert-OH is 1. The fourth-order valence-electron chi connectivity index (χ4n) is 2.19. The van der Waals surface area contributed by atoms with E-state index in [0.717, 1.165) is 5.56 Å². The summed E-state index contributed by atoms with van der Waals surface area (Å²) in [4.78, 5) is 23.7. The molecule has 0 aliphatic rings. The monoisotopic (exact) mass is 326 g/mol. The molecule has 1 aromatic carbocycles. The zero-order valence-electron chi connectivity index (χ0n) is 13.4. The quantitative estimate of drug-likeness (QED) is 0.727. The molecule has 0 aliphatic heterocycles. The molecule has 3 N–H and O–H groups in total. The lowest BCUT2D eigenvalue weighted by Gasteiger charge is -2.26. The fraction of sp³-hybridized carbons (Fsp3) is 0.500. The Morgan fingerprint density at radius 3 is 2.55 bits per heavy atom. The van der Waals surface area contributed by atoms with Crippen LogP contribution in [0.1, 0.15) is 32.8 Å². The van der Waals surface area contributed by atoms with Gasteiger partial charge in [0.05, 0.1) is 16.8 Å². The lowest BCUT2D eigenvalue weighted by atomic mass is 9.87. The predicted octanol–water partition coefficient (Wildman–Crippen LogP) is 2.50. The summed E-state index contributed by atoms with van der Waals surface area (Å²) in [5.41, 5.74) is 1.04. The number of anilines is 1. The Morgan fingerprint density at radius 2 is 1.95 bits per heavy atom. The molecule has 5 nitrogen and oxygen atoms in total. The molecule has 0 aliphatic carbocycles. The Kier molecular flexibility index (Phi) is 6.38. The van der Waals surface area contributed by atoms with E-state index in [2.05, 4.69) is 10.6 Å². The number of hydrogen-bond acceptors (Lipinski definition) is 3. The van der Waals surface area contributed by atoms with Crippen molar-refractivity contribution < 1.29 is 14.7 Å². The number of hydrogen-bond donors (Lipinski definition) is 3. The summed E-state index contributed by atoms with van der Waals surface area (Å²) in [6, 6.07) is 5.18. The molecule has 0 fully saturated rings. The number of aryl methyl sites for hydroxylation is 1. The summed E-state index contributed by atoms with van der Waals surface area (Å²) in [6.45, 7) is 7.68. The highest BCUT2D eigenvalue weighted by atomic mass is 35.5. The first-order valence-electron chi connectivity index (χ1n) is 7.14. The number of carbonyl (C=O) groups is 2. The topological polar surface area (TPSA) is 78.4 Å². The summed E-state index contributed by atoms with van der Waals surface area (Å²) in [5.74, 6) is -1.49. The molecule has 122 valence electrons. The molecule has 0 bridgehead atoms. The van der Waals surface area contributed by atoms with Crippen LogP contribution in [0.2, 0.25) is 5.02 Å². The number of amides is 2. The second-order valence-electron chi connectivity index (χ2n) is 6.34. The zero-order chi connectivity index (χ0) is 16.9. The Labute approximate surface area is 136 Å². The normalized spacial score (nSPS) is 12.6. The van der Waals surface area contributed by atoms with E-state index in [4.69, 9.17) is 11.6 Å². The smallest absolute Gasteiger partial charge is 0.313 e. The van der Waals surface area contributed by atoms with Gasteiger partial charge in [-0.2, -0.15) is 0 Å². The average molecular weight is 327 g/mol. The largest absolute Gasteiger partial charge is 0.393 e. The van der Waals surface area contributed by atoms with Gasteiger partial charge in [-0.05, 0) is 43.4 Å². The summed E-state index contributed by atoms with van der Waals surface area (Å²) in [5, 5.41) is 14.9. The summed E-state index contributed by atoms with van der Waals surface area (Å²) in [7, 11) is 0. The molecule has 1 aromatic rings. The first-order valence-corrected chi connectivity index (χ1v) is 7.52. The molecule has 0 spiro atoms. The lowest BCUT2D eigenvalue weighted by molar-refractivity contribution is -0.136. The molecule has 0 heterocycles. The Balaban J connectivity index is 2.59. The predicted molar refractivity (Wildman–Crippen MR) is 87.9 cm³/mol. The highest BCUT2D eigenvalue weighted by Crippen LogP contribution is 2.23. The summed E-state index contributed by atoms with van der Waals surface area (Å²) >= 11 is 5.98. The third kappa shape index (κ3) is 6.03. The van der Waals surface area contributed by atoms with Crippen LogP contribution < -0.4 is 10.6 Å². The summed E-state index contributed by atoms with van der Waals surface area (Å²) < 4.78 is 0. The van der Waals surface area contributed by atoms with Gasteiger partial charge in [0, 0.05) is 6.54 Å². The van der Waals surface area contributed by atoms with Gasteiger partial charge in [0.2, 0.25) is 0 Å². The molecule has 0 saturated carbocycles. The van der Waals surface area contributed by atoms with Crippen molar-refractivity contribution in [2.24, 2.45) is 5.41 Å². The molecule has 6 heteroatoms. The number of carbonyl (C=O) groups excluding carboxylic acids is 2. The van der Waals surface area contributed by atoms with Crippen LogP contribution in [0.4, 0.5) is 5.69 Å². The van der Waals surface area contributed by atoms with Crippen LogP contribution >= 0.6 is 11.6 Å². The van der Waals surface area contributed by atoms with E-state index < -0.39 is 17.9 Å². The number of halogens is 1. The lowest BCUT2D eigenvalue weighted by Crippen LogP contribution is -2.41. The Bertz CT molecular complexity index is 556. The Morgan fingerprint density at radius 1 is 1.32 bits per heavy atom. The van der Waals surface area contributed by atoms with Gasteiger partial charge in [-0.25, -0.2) is 0 Å². The third-order valence-electron chi connectivity index (χ3n) is 3.15. The maximum atomic E-state index is 11.9. The van der Waals surface area contributed by atoms with Crippen molar-refractivity contribution in [2.45, 2.75) is 40.2 Å². The molecule has 22 heavy (non-hydrogen) atoms. The van der Waals surface area contributed by atoms with Gasteiger partial charge in [0.15, 0.2) is 0 Å². The minimum Gasteiger partial charge on any atom is -0.393 e. The van der Waals surface area contributed by atoms with E-state index >= 15 is 0 Å². The van der Waals surface area contributed by atoms with E-state index in [-0.39, 0.29) is 5.41 Å². The van der Waals surface area contributed by atoms with E-state index in [1.807, 2.05) is 26.8 Å². The molecule has 2 amide bonds. The van der Waals surface area contributed by atoms with Gasteiger partial charge in [-0.3, -0.25) is 9.59 Å². The fourth-order valence-corrected chi connectivity index (χ4v) is 2.35. The maximum absolute atomic E-state index is 11.9. The highest BCUT2D eigenvalue weighted by molar-refractivity contribution is 6.41. The van der Waals surface area contributed by atoms with Crippen molar-refractivity contribution in [1.29, 1.82) is 0 Å².